The number of methoxy groups -OCH3 is 1. The van der Waals surface area contributed by atoms with Crippen molar-refractivity contribution in [3.63, 3.8) is 0 Å². The molecule has 0 saturated heterocycles. The van der Waals surface area contributed by atoms with Crippen LogP contribution in [0, 0.1) is 11.3 Å². The van der Waals surface area contributed by atoms with E-state index >= 15 is 0 Å². The van der Waals surface area contributed by atoms with Crippen molar-refractivity contribution in [1.29, 1.82) is 5.41 Å². The van der Waals surface area contributed by atoms with E-state index in [1.165, 1.54) is 13.2 Å². The van der Waals surface area contributed by atoms with Crippen LogP contribution >= 0.6 is 11.9 Å². The van der Waals surface area contributed by atoms with Gasteiger partial charge in [-0.15, -0.1) is 0 Å². The highest BCUT2D eigenvalue weighted by Crippen LogP contribution is 2.30. The van der Waals surface area contributed by atoms with Gasteiger partial charge in [-0.2, -0.15) is 9.39 Å². The van der Waals surface area contributed by atoms with E-state index in [9.17, 15) is 18.0 Å². The molecule has 2 aliphatic heterocycles. The van der Waals surface area contributed by atoms with Gasteiger partial charge < -0.3 is 9.47 Å². The summed E-state index contributed by atoms with van der Waals surface area (Å²) in [6.07, 6.45) is 1.43. The Morgan fingerprint density at radius 1 is 1.11 bits per heavy atom. The van der Waals surface area contributed by atoms with Crippen LogP contribution in [0.4, 0.5) is 0 Å². The fourth-order valence-electron chi connectivity index (χ4n) is 3.41. The number of fused-ring (bicyclic) bond motifs is 1. The molecule has 1 amide bonds. The smallest absolute Gasteiger partial charge is 0.343 e. The van der Waals surface area contributed by atoms with Crippen LogP contribution in [0.5, 0.6) is 11.5 Å². The lowest BCUT2D eigenvalue weighted by Crippen LogP contribution is -2.46. The molecule has 0 aliphatic carbocycles. The van der Waals surface area contributed by atoms with Crippen LogP contribution in [0.15, 0.2) is 63.5 Å². The summed E-state index contributed by atoms with van der Waals surface area (Å²) in [5.74, 6) is -0.928. The number of amides is 1. The number of carbonyl (C=O) groups is 2. The van der Waals surface area contributed by atoms with E-state index in [-0.39, 0.29) is 39.2 Å². The van der Waals surface area contributed by atoms with Gasteiger partial charge >= 0.3 is 5.97 Å². The van der Waals surface area contributed by atoms with E-state index in [0.29, 0.717) is 16.9 Å². The molecule has 186 valence electrons. The number of carbonyl (C=O) groups excluding carboxylic acids is 2. The second kappa shape index (κ2) is 10.1. The summed E-state index contributed by atoms with van der Waals surface area (Å²) < 4.78 is 39.9. The van der Waals surface area contributed by atoms with E-state index in [2.05, 4.69) is 9.39 Å². The number of nitrogens with one attached hydrogen (secondary N) is 1. The second-order valence-corrected chi connectivity index (χ2v) is 10.9. The topological polar surface area (TPSA) is 139 Å². The predicted octanol–water partition coefficient (Wildman–Crippen LogP) is 3.56. The molecule has 0 bridgehead atoms. The van der Waals surface area contributed by atoms with E-state index < -0.39 is 21.7 Å². The number of aliphatic imine (C=N–C) groups is 1. The van der Waals surface area contributed by atoms with Crippen molar-refractivity contribution in [2.24, 2.45) is 15.3 Å². The minimum absolute atomic E-state index is 0.0327. The average molecular weight is 527 g/mol. The summed E-state index contributed by atoms with van der Waals surface area (Å²) >= 11 is 0.752. The Morgan fingerprint density at radius 3 is 2.36 bits per heavy atom. The zero-order valence-corrected chi connectivity index (χ0v) is 21.2. The number of ether oxygens (including phenoxy) is 2. The third-order valence-corrected chi connectivity index (χ3v) is 7.81. The maximum absolute atomic E-state index is 12.8. The minimum Gasteiger partial charge on any atom is -0.497 e. The standard InChI is InChI=1S/C24H22N4O6S2/c1-14(2)13-36(31,32)24-27-35-23-26-21(29)19(20(25)28(23)24)12-15-4-8-18(9-5-15)34-22(30)16-6-10-17(33-3)11-7-16/h4-12,14,25H,13H2,1-3H3/b19-12-,25-20?. The van der Waals surface area contributed by atoms with E-state index in [4.69, 9.17) is 14.9 Å². The monoisotopic (exact) mass is 526 g/mol. The molecular formula is C24H22N4O6S2. The third kappa shape index (κ3) is 5.24. The number of nitrogens with zero attached hydrogens (tertiary/aromatic N) is 3. The number of hydrogen-bond acceptors (Lipinski definition) is 9. The van der Waals surface area contributed by atoms with Crippen LogP contribution in [0.1, 0.15) is 29.8 Å². The fraction of sp³-hybridized carbons (Fsp3) is 0.208. The Kier molecular flexibility index (Phi) is 7.09. The van der Waals surface area contributed by atoms with Gasteiger partial charge in [0.2, 0.25) is 20.2 Å². The SMILES string of the molecule is COc1ccc(C(=O)Oc2ccc(/C=C3/C(=N)N4C(=NC3=O)SN=C4S(=O)(=O)CC(C)C)cc2)cc1. The first kappa shape index (κ1) is 25.3. The number of esters is 1. The molecule has 0 aromatic heterocycles. The molecule has 2 heterocycles. The summed E-state index contributed by atoms with van der Waals surface area (Å²) in [6, 6.07) is 12.8. The zero-order chi connectivity index (χ0) is 26.0. The molecule has 2 aliphatic rings. The number of hydrogen-bond donors (Lipinski definition) is 1. The molecule has 0 atom stereocenters. The normalized spacial score (nSPS) is 16.7. The van der Waals surface area contributed by atoms with Gasteiger partial charge in [-0.25, -0.2) is 18.1 Å². The van der Waals surface area contributed by atoms with Crippen molar-refractivity contribution >= 4 is 55.9 Å². The molecule has 0 radical (unpaired) electrons. The van der Waals surface area contributed by atoms with Crippen molar-refractivity contribution in [2.75, 3.05) is 12.9 Å². The van der Waals surface area contributed by atoms with Gasteiger partial charge in [0.15, 0.2) is 0 Å². The predicted molar refractivity (Wildman–Crippen MR) is 138 cm³/mol. The van der Waals surface area contributed by atoms with Crippen molar-refractivity contribution in [1.82, 2.24) is 4.90 Å². The summed E-state index contributed by atoms with van der Waals surface area (Å²) in [5.41, 5.74) is 0.795. The second-order valence-electron chi connectivity index (χ2n) is 8.27. The first-order valence-corrected chi connectivity index (χ1v) is 13.2. The Morgan fingerprint density at radius 2 is 1.75 bits per heavy atom. The van der Waals surface area contributed by atoms with Crippen LogP contribution in [-0.4, -0.2) is 54.2 Å². The highest BCUT2D eigenvalue weighted by atomic mass is 32.2. The van der Waals surface area contributed by atoms with Gasteiger partial charge in [-0.3, -0.25) is 10.2 Å². The average Bonchev–Trinajstić information content (AvgIpc) is 3.27. The van der Waals surface area contributed by atoms with Crippen LogP contribution in [0.2, 0.25) is 0 Å². The maximum atomic E-state index is 12.8. The van der Waals surface area contributed by atoms with Gasteiger partial charge in [0.05, 0.1) is 35.9 Å². The zero-order valence-electron chi connectivity index (χ0n) is 19.6. The highest BCUT2D eigenvalue weighted by molar-refractivity contribution is 8.16. The Bertz CT molecular complexity index is 1430. The van der Waals surface area contributed by atoms with Crippen LogP contribution < -0.4 is 9.47 Å². The highest BCUT2D eigenvalue weighted by Gasteiger charge is 2.42. The van der Waals surface area contributed by atoms with E-state index in [0.717, 1.165) is 16.8 Å². The molecule has 2 aromatic rings. The molecule has 0 unspecified atom stereocenters. The third-order valence-electron chi connectivity index (χ3n) is 5.05. The Balaban J connectivity index is 1.52. The van der Waals surface area contributed by atoms with Gasteiger partial charge in [0.25, 0.3) is 5.91 Å². The molecule has 0 spiro atoms. The van der Waals surface area contributed by atoms with Crippen LogP contribution in [0.25, 0.3) is 6.08 Å². The van der Waals surface area contributed by atoms with Crippen LogP contribution in [0.3, 0.4) is 0 Å². The number of amidine groups is 3. The molecule has 0 saturated carbocycles. The van der Waals surface area contributed by atoms with Gasteiger partial charge in [-0.05, 0) is 54.0 Å². The summed E-state index contributed by atoms with van der Waals surface area (Å²) in [5, 5.41) is 8.26. The van der Waals surface area contributed by atoms with Crippen LogP contribution in [-0.2, 0) is 14.6 Å². The Labute approximate surface area is 212 Å². The quantitative estimate of drug-likeness (QED) is 0.261. The number of sulfone groups is 1. The maximum Gasteiger partial charge on any atom is 0.343 e. The molecule has 36 heavy (non-hydrogen) atoms. The molecule has 1 N–H and O–H groups in total. The largest absolute Gasteiger partial charge is 0.497 e. The lowest BCUT2D eigenvalue weighted by molar-refractivity contribution is -0.114. The molecule has 10 nitrogen and oxygen atoms in total. The van der Waals surface area contributed by atoms with Gasteiger partial charge in [0.1, 0.15) is 17.3 Å². The first-order valence-electron chi connectivity index (χ1n) is 10.8. The molecule has 0 fully saturated rings. The summed E-state index contributed by atoms with van der Waals surface area (Å²) in [4.78, 5) is 29.9. The molecule has 12 heteroatoms. The minimum atomic E-state index is -3.78. The first-order chi connectivity index (χ1) is 17.1. The number of rotatable bonds is 6. The van der Waals surface area contributed by atoms with Gasteiger partial charge in [-0.1, -0.05) is 26.0 Å². The summed E-state index contributed by atoms with van der Waals surface area (Å²) in [7, 11) is -2.25. The lowest BCUT2D eigenvalue weighted by Gasteiger charge is -2.24. The van der Waals surface area contributed by atoms with Gasteiger partial charge in [0, 0.05) is 0 Å². The lowest BCUT2D eigenvalue weighted by atomic mass is 10.1. The Hall–Kier alpha value is -3.77. The molecular weight excluding hydrogens is 504 g/mol. The van der Waals surface area contributed by atoms with Crippen molar-refractivity contribution in [3.8, 4) is 11.5 Å². The van der Waals surface area contributed by atoms with E-state index in [1.807, 2.05) is 0 Å². The van der Waals surface area contributed by atoms with E-state index in [1.54, 1.807) is 62.4 Å². The fourth-order valence-corrected chi connectivity index (χ4v) is 6.14. The molecule has 2 aromatic carbocycles. The van der Waals surface area contributed by atoms with Crippen molar-refractivity contribution in [3.05, 3.63) is 65.2 Å². The molecule has 4 rings (SSSR count). The van der Waals surface area contributed by atoms with Crippen molar-refractivity contribution < 1.29 is 27.5 Å². The number of benzene rings is 2. The summed E-state index contributed by atoms with van der Waals surface area (Å²) in [6.45, 7) is 3.53. The van der Waals surface area contributed by atoms with Crippen molar-refractivity contribution in [2.45, 2.75) is 13.8 Å².